The molecule has 0 saturated carbocycles. The fourth-order valence-corrected chi connectivity index (χ4v) is 1.93. The molecular formula is C10H9ClN4OS. The number of pyridine rings is 1. The van der Waals surface area contributed by atoms with E-state index in [1.54, 1.807) is 11.6 Å². The first-order valence-electron chi connectivity index (χ1n) is 4.93. The number of carbonyl (C=O) groups excluding carboxylic acids is 1. The van der Waals surface area contributed by atoms with Crippen molar-refractivity contribution in [3.63, 3.8) is 0 Å². The zero-order chi connectivity index (χ0) is 12.3. The number of carbonyl (C=O) groups is 1. The van der Waals surface area contributed by atoms with E-state index in [1.165, 1.54) is 17.4 Å². The lowest BCUT2D eigenvalue weighted by atomic mass is 10.2. The van der Waals surface area contributed by atoms with Crippen LogP contribution in [0.5, 0.6) is 0 Å². The molecule has 0 unspecified atom stereocenters. The largest absolute Gasteiger partial charge is 0.296 e. The van der Waals surface area contributed by atoms with Crippen LogP contribution in [0.4, 0.5) is 5.13 Å². The Balaban J connectivity index is 2.21. The quantitative estimate of drug-likeness (QED) is 0.868. The van der Waals surface area contributed by atoms with Crippen LogP contribution in [0, 0.1) is 0 Å². The highest BCUT2D eigenvalue weighted by Crippen LogP contribution is 2.14. The molecule has 88 valence electrons. The van der Waals surface area contributed by atoms with Gasteiger partial charge in [-0.3, -0.25) is 10.1 Å². The van der Waals surface area contributed by atoms with Gasteiger partial charge in [0.15, 0.2) is 0 Å². The number of hydrogen-bond acceptors (Lipinski definition) is 5. The molecule has 1 N–H and O–H groups in total. The molecule has 2 heterocycles. The number of nitrogens with one attached hydrogen (secondary N) is 1. The van der Waals surface area contributed by atoms with Crippen LogP contribution in [0.15, 0.2) is 17.6 Å². The smallest absolute Gasteiger partial charge is 0.257 e. The lowest BCUT2D eigenvalue weighted by molar-refractivity contribution is 0.102. The first-order valence-corrected chi connectivity index (χ1v) is 6.18. The second-order valence-electron chi connectivity index (χ2n) is 3.22. The maximum absolute atomic E-state index is 11.9. The van der Waals surface area contributed by atoms with Crippen LogP contribution in [0.1, 0.15) is 23.0 Å². The van der Waals surface area contributed by atoms with Gasteiger partial charge in [0.1, 0.15) is 10.7 Å². The van der Waals surface area contributed by atoms with Gasteiger partial charge in [0.05, 0.1) is 0 Å². The van der Waals surface area contributed by atoms with Crippen LogP contribution >= 0.6 is 22.9 Å². The Kier molecular flexibility index (Phi) is 3.65. The number of anilines is 1. The van der Waals surface area contributed by atoms with Crippen molar-refractivity contribution in [2.75, 3.05) is 5.32 Å². The highest BCUT2D eigenvalue weighted by atomic mass is 35.5. The minimum Gasteiger partial charge on any atom is -0.296 e. The number of aromatic nitrogens is 3. The Bertz CT molecular complexity index is 529. The van der Waals surface area contributed by atoms with Gasteiger partial charge in [0.2, 0.25) is 5.13 Å². The van der Waals surface area contributed by atoms with E-state index < -0.39 is 0 Å². The van der Waals surface area contributed by atoms with Crippen molar-refractivity contribution in [2.24, 2.45) is 0 Å². The van der Waals surface area contributed by atoms with E-state index in [9.17, 15) is 4.79 Å². The van der Waals surface area contributed by atoms with Crippen molar-refractivity contribution < 1.29 is 4.79 Å². The number of aryl methyl sites for hydroxylation is 1. The van der Waals surface area contributed by atoms with E-state index >= 15 is 0 Å². The van der Waals surface area contributed by atoms with E-state index in [-0.39, 0.29) is 5.91 Å². The summed E-state index contributed by atoms with van der Waals surface area (Å²) < 4.78 is 0. The molecule has 2 aromatic rings. The summed E-state index contributed by atoms with van der Waals surface area (Å²) in [5.41, 5.74) is 2.80. The summed E-state index contributed by atoms with van der Waals surface area (Å²) in [5.74, 6) is -0.263. The van der Waals surface area contributed by atoms with Gasteiger partial charge in [-0.15, -0.1) is 10.2 Å². The first-order chi connectivity index (χ1) is 8.19. The molecular weight excluding hydrogens is 260 g/mol. The minimum atomic E-state index is -0.263. The van der Waals surface area contributed by atoms with Gasteiger partial charge in [-0.2, -0.15) is 0 Å². The SMILES string of the molecule is CCc1cc(C(=O)Nc2nncs2)cc(Cl)n1. The zero-order valence-corrected chi connectivity index (χ0v) is 10.5. The van der Waals surface area contributed by atoms with Crippen LogP contribution in [-0.2, 0) is 6.42 Å². The summed E-state index contributed by atoms with van der Waals surface area (Å²) >= 11 is 7.10. The minimum absolute atomic E-state index is 0.263. The maximum Gasteiger partial charge on any atom is 0.257 e. The lowest BCUT2D eigenvalue weighted by Crippen LogP contribution is -2.12. The second kappa shape index (κ2) is 5.20. The molecule has 0 aliphatic rings. The summed E-state index contributed by atoms with van der Waals surface area (Å²) in [6.45, 7) is 1.95. The molecule has 5 nitrogen and oxygen atoms in total. The Labute approximate surface area is 107 Å². The molecule has 2 aromatic heterocycles. The fraction of sp³-hybridized carbons (Fsp3) is 0.200. The van der Waals surface area contributed by atoms with E-state index in [0.717, 1.165) is 12.1 Å². The molecule has 7 heteroatoms. The van der Waals surface area contributed by atoms with Crippen molar-refractivity contribution in [1.29, 1.82) is 0 Å². The molecule has 0 fully saturated rings. The normalized spacial score (nSPS) is 10.2. The standard InChI is InChI=1S/C10H9ClN4OS/c1-2-7-3-6(4-8(11)13-7)9(16)14-10-15-12-5-17-10/h3-5H,2H2,1H3,(H,14,15,16). The van der Waals surface area contributed by atoms with Gasteiger partial charge < -0.3 is 0 Å². The Morgan fingerprint density at radius 2 is 2.35 bits per heavy atom. The van der Waals surface area contributed by atoms with Crippen molar-refractivity contribution >= 4 is 34.0 Å². The number of hydrogen-bond donors (Lipinski definition) is 1. The zero-order valence-electron chi connectivity index (χ0n) is 8.98. The third kappa shape index (κ3) is 2.98. The van der Waals surface area contributed by atoms with Gasteiger partial charge in [-0.25, -0.2) is 4.98 Å². The molecule has 0 radical (unpaired) electrons. The van der Waals surface area contributed by atoms with Gasteiger partial charge in [0.25, 0.3) is 5.91 Å². The molecule has 0 aliphatic heterocycles. The Morgan fingerprint density at radius 1 is 1.53 bits per heavy atom. The Hall–Kier alpha value is -1.53. The van der Waals surface area contributed by atoms with Crippen molar-refractivity contribution in [3.05, 3.63) is 34.1 Å². The number of amides is 1. The molecule has 0 atom stereocenters. The second-order valence-corrected chi connectivity index (χ2v) is 4.44. The summed E-state index contributed by atoms with van der Waals surface area (Å²) in [5, 5.41) is 10.8. The summed E-state index contributed by atoms with van der Waals surface area (Å²) in [6, 6.07) is 3.24. The van der Waals surface area contributed by atoms with E-state index in [2.05, 4.69) is 20.5 Å². The average Bonchev–Trinajstić information content (AvgIpc) is 2.81. The van der Waals surface area contributed by atoms with Crippen molar-refractivity contribution in [3.8, 4) is 0 Å². The predicted octanol–water partition coefficient (Wildman–Crippen LogP) is 2.40. The summed E-state index contributed by atoms with van der Waals surface area (Å²) in [4.78, 5) is 16.0. The predicted molar refractivity (Wildman–Crippen MR) is 66.5 cm³/mol. The molecule has 1 amide bonds. The van der Waals surface area contributed by atoms with Crippen LogP contribution in [0.3, 0.4) is 0 Å². The van der Waals surface area contributed by atoms with Crippen LogP contribution in [0.2, 0.25) is 5.15 Å². The highest BCUT2D eigenvalue weighted by Gasteiger charge is 2.10. The Morgan fingerprint density at radius 3 is 3.00 bits per heavy atom. The maximum atomic E-state index is 11.9. The van der Waals surface area contributed by atoms with Gasteiger partial charge in [0, 0.05) is 11.3 Å². The van der Waals surface area contributed by atoms with Gasteiger partial charge in [-0.1, -0.05) is 29.9 Å². The van der Waals surface area contributed by atoms with Gasteiger partial charge >= 0.3 is 0 Å². The average molecular weight is 269 g/mol. The summed E-state index contributed by atoms with van der Waals surface area (Å²) in [6.07, 6.45) is 0.722. The molecule has 0 aromatic carbocycles. The van der Waals surface area contributed by atoms with Crippen LogP contribution in [0.25, 0.3) is 0 Å². The van der Waals surface area contributed by atoms with Gasteiger partial charge in [-0.05, 0) is 18.6 Å². The van der Waals surface area contributed by atoms with E-state index in [1.807, 2.05) is 6.92 Å². The van der Waals surface area contributed by atoms with Crippen molar-refractivity contribution in [1.82, 2.24) is 15.2 Å². The molecule has 0 spiro atoms. The molecule has 17 heavy (non-hydrogen) atoms. The monoisotopic (exact) mass is 268 g/mol. The number of rotatable bonds is 3. The lowest BCUT2D eigenvalue weighted by Gasteiger charge is -2.04. The number of nitrogens with zero attached hydrogens (tertiary/aromatic N) is 3. The third-order valence-corrected chi connectivity index (χ3v) is 2.85. The molecule has 0 bridgehead atoms. The number of halogens is 1. The van der Waals surface area contributed by atoms with Crippen molar-refractivity contribution in [2.45, 2.75) is 13.3 Å². The van der Waals surface area contributed by atoms with E-state index in [0.29, 0.717) is 15.8 Å². The van der Waals surface area contributed by atoms with E-state index in [4.69, 9.17) is 11.6 Å². The first kappa shape index (κ1) is 11.9. The summed E-state index contributed by atoms with van der Waals surface area (Å²) in [7, 11) is 0. The molecule has 0 aliphatic carbocycles. The molecule has 2 rings (SSSR count). The molecule has 0 saturated heterocycles. The topological polar surface area (TPSA) is 67.8 Å². The van der Waals surface area contributed by atoms with Crippen LogP contribution < -0.4 is 5.32 Å². The highest BCUT2D eigenvalue weighted by molar-refractivity contribution is 7.13. The third-order valence-electron chi connectivity index (χ3n) is 2.05. The van der Waals surface area contributed by atoms with Crippen LogP contribution in [-0.4, -0.2) is 21.1 Å². The fourth-order valence-electron chi connectivity index (χ4n) is 1.26.